The van der Waals surface area contributed by atoms with E-state index < -0.39 is 0 Å². The van der Waals surface area contributed by atoms with Crippen LogP contribution < -0.4 is 5.32 Å². The summed E-state index contributed by atoms with van der Waals surface area (Å²) in [5, 5.41) is 3.77. The van der Waals surface area contributed by atoms with Crippen molar-refractivity contribution in [1.82, 2.24) is 5.32 Å². The fourth-order valence-corrected chi connectivity index (χ4v) is 2.86. The van der Waals surface area contributed by atoms with Crippen molar-refractivity contribution < 1.29 is 0 Å². The zero-order valence-electron chi connectivity index (χ0n) is 8.48. The van der Waals surface area contributed by atoms with Gasteiger partial charge in [-0.05, 0) is 32.2 Å². The number of nitrogens with one attached hydrogen (secondary N) is 1. The molecule has 0 unspecified atom stereocenters. The lowest BCUT2D eigenvalue weighted by molar-refractivity contribution is 0.224. The SMILES string of the molecule is C1CCCC2(CC1)CCCCN2.Cl. The van der Waals surface area contributed by atoms with Gasteiger partial charge in [0.15, 0.2) is 0 Å². The normalized spacial score (nSPS) is 27.7. The van der Waals surface area contributed by atoms with E-state index in [0.29, 0.717) is 5.54 Å². The minimum absolute atomic E-state index is 0. The van der Waals surface area contributed by atoms with E-state index in [1.54, 1.807) is 0 Å². The fraction of sp³-hybridized carbons (Fsp3) is 1.00. The van der Waals surface area contributed by atoms with E-state index in [1.807, 2.05) is 0 Å². The molecule has 0 aromatic rings. The van der Waals surface area contributed by atoms with Crippen LogP contribution in [0.4, 0.5) is 0 Å². The Hall–Kier alpha value is 0.250. The van der Waals surface area contributed by atoms with Crippen LogP contribution in [-0.2, 0) is 0 Å². The van der Waals surface area contributed by atoms with Crippen molar-refractivity contribution in [1.29, 1.82) is 0 Å². The Balaban J connectivity index is 0.000000845. The Morgan fingerprint density at radius 3 is 1.69 bits per heavy atom. The van der Waals surface area contributed by atoms with Gasteiger partial charge in [-0.25, -0.2) is 0 Å². The fourth-order valence-electron chi connectivity index (χ4n) is 2.86. The largest absolute Gasteiger partial charge is 0.311 e. The molecule has 78 valence electrons. The van der Waals surface area contributed by atoms with Crippen LogP contribution in [0.2, 0.25) is 0 Å². The predicted octanol–water partition coefficient (Wildman–Crippen LogP) is 3.27. The molecule has 0 bridgehead atoms. The van der Waals surface area contributed by atoms with Gasteiger partial charge in [0.1, 0.15) is 0 Å². The third kappa shape index (κ3) is 2.85. The first-order valence-corrected chi connectivity index (χ1v) is 5.66. The van der Waals surface area contributed by atoms with Gasteiger partial charge in [-0.2, -0.15) is 0 Å². The lowest BCUT2D eigenvalue weighted by atomic mass is 9.82. The molecule has 1 aliphatic heterocycles. The van der Waals surface area contributed by atoms with Gasteiger partial charge in [0.05, 0.1) is 0 Å². The number of hydrogen-bond acceptors (Lipinski definition) is 1. The first kappa shape index (κ1) is 11.3. The average molecular weight is 204 g/mol. The van der Waals surface area contributed by atoms with E-state index in [-0.39, 0.29) is 12.4 Å². The molecule has 0 aromatic heterocycles. The average Bonchev–Trinajstić information content (AvgIpc) is 2.33. The molecule has 13 heavy (non-hydrogen) atoms. The Morgan fingerprint density at radius 2 is 1.23 bits per heavy atom. The zero-order valence-corrected chi connectivity index (χ0v) is 9.30. The highest BCUT2D eigenvalue weighted by Gasteiger charge is 2.31. The Bertz CT molecular complexity index is 131. The molecule has 0 aromatic carbocycles. The van der Waals surface area contributed by atoms with E-state index in [4.69, 9.17) is 0 Å². The molecule has 0 amide bonds. The zero-order chi connectivity index (χ0) is 8.28. The summed E-state index contributed by atoms with van der Waals surface area (Å²) in [5.74, 6) is 0. The summed E-state index contributed by atoms with van der Waals surface area (Å²) in [5.41, 5.74) is 0.592. The Morgan fingerprint density at radius 1 is 0.692 bits per heavy atom. The van der Waals surface area contributed by atoms with E-state index in [1.165, 1.54) is 64.3 Å². The summed E-state index contributed by atoms with van der Waals surface area (Å²) in [6, 6.07) is 0. The standard InChI is InChI=1S/C11H21N.ClH/c1-2-4-8-11(7-3-1)9-5-6-10-12-11;/h12H,1-10H2;1H. The molecule has 2 rings (SSSR count). The second-order valence-electron chi connectivity index (χ2n) is 4.58. The van der Waals surface area contributed by atoms with Crippen molar-refractivity contribution in [3.63, 3.8) is 0 Å². The number of halogens is 1. The van der Waals surface area contributed by atoms with Crippen molar-refractivity contribution in [3.05, 3.63) is 0 Å². The third-order valence-corrected chi connectivity index (χ3v) is 3.64. The lowest BCUT2D eigenvalue weighted by Crippen LogP contribution is -2.47. The van der Waals surface area contributed by atoms with Gasteiger partial charge in [-0.1, -0.05) is 32.1 Å². The second kappa shape index (κ2) is 5.21. The van der Waals surface area contributed by atoms with Gasteiger partial charge in [0.25, 0.3) is 0 Å². The number of piperidine rings is 1. The molecule has 1 N–H and O–H groups in total. The van der Waals surface area contributed by atoms with E-state index in [9.17, 15) is 0 Å². The molecule has 1 aliphatic carbocycles. The van der Waals surface area contributed by atoms with Gasteiger partial charge in [0, 0.05) is 5.54 Å². The molecule has 1 spiro atoms. The number of rotatable bonds is 0. The molecular weight excluding hydrogens is 182 g/mol. The Kier molecular flexibility index (Phi) is 4.54. The highest BCUT2D eigenvalue weighted by Crippen LogP contribution is 2.33. The maximum atomic E-state index is 3.77. The van der Waals surface area contributed by atoms with Crippen LogP contribution in [0.3, 0.4) is 0 Å². The molecular formula is C11H22ClN. The third-order valence-electron chi connectivity index (χ3n) is 3.64. The molecule has 1 saturated heterocycles. The quantitative estimate of drug-likeness (QED) is 0.637. The van der Waals surface area contributed by atoms with Gasteiger partial charge < -0.3 is 5.32 Å². The van der Waals surface area contributed by atoms with Crippen LogP contribution in [0.25, 0.3) is 0 Å². The van der Waals surface area contributed by atoms with Crippen molar-refractivity contribution in [2.24, 2.45) is 0 Å². The van der Waals surface area contributed by atoms with Crippen LogP contribution in [0.15, 0.2) is 0 Å². The smallest absolute Gasteiger partial charge is 0.0181 e. The van der Waals surface area contributed by atoms with Crippen LogP contribution >= 0.6 is 12.4 Å². The molecule has 1 nitrogen and oxygen atoms in total. The Labute approximate surface area is 88.1 Å². The van der Waals surface area contributed by atoms with Gasteiger partial charge >= 0.3 is 0 Å². The minimum Gasteiger partial charge on any atom is -0.311 e. The van der Waals surface area contributed by atoms with Gasteiger partial charge in [0.2, 0.25) is 0 Å². The molecule has 2 heteroatoms. The highest BCUT2D eigenvalue weighted by atomic mass is 35.5. The molecule has 1 heterocycles. The lowest BCUT2D eigenvalue weighted by Gasteiger charge is -2.38. The van der Waals surface area contributed by atoms with Crippen molar-refractivity contribution >= 4 is 12.4 Å². The van der Waals surface area contributed by atoms with Crippen LogP contribution in [0, 0.1) is 0 Å². The number of hydrogen-bond donors (Lipinski definition) is 1. The van der Waals surface area contributed by atoms with Gasteiger partial charge in [-0.15, -0.1) is 12.4 Å². The van der Waals surface area contributed by atoms with Crippen molar-refractivity contribution in [2.45, 2.75) is 63.3 Å². The maximum Gasteiger partial charge on any atom is 0.0181 e. The molecule has 2 aliphatic rings. The van der Waals surface area contributed by atoms with Crippen LogP contribution in [0.5, 0.6) is 0 Å². The van der Waals surface area contributed by atoms with Crippen molar-refractivity contribution in [2.75, 3.05) is 6.54 Å². The summed E-state index contributed by atoms with van der Waals surface area (Å²) in [6.07, 6.45) is 13.1. The molecule has 0 atom stereocenters. The summed E-state index contributed by atoms with van der Waals surface area (Å²) in [7, 11) is 0. The van der Waals surface area contributed by atoms with Crippen LogP contribution in [0.1, 0.15) is 57.8 Å². The molecule has 1 saturated carbocycles. The monoisotopic (exact) mass is 203 g/mol. The maximum absolute atomic E-state index is 3.77. The highest BCUT2D eigenvalue weighted by molar-refractivity contribution is 5.85. The van der Waals surface area contributed by atoms with E-state index >= 15 is 0 Å². The topological polar surface area (TPSA) is 12.0 Å². The first-order chi connectivity index (χ1) is 5.91. The summed E-state index contributed by atoms with van der Waals surface area (Å²) < 4.78 is 0. The minimum atomic E-state index is 0. The van der Waals surface area contributed by atoms with Crippen molar-refractivity contribution in [3.8, 4) is 0 Å². The second-order valence-corrected chi connectivity index (χ2v) is 4.58. The summed E-state index contributed by atoms with van der Waals surface area (Å²) in [6.45, 7) is 1.28. The van der Waals surface area contributed by atoms with Crippen LogP contribution in [-0.4, -0.2) is 12.1 Å². The summed E-state index contributed by atoms with van der Waals surface area (Å²) in [4.78, 5) is 0. The van der Waals surface area contributed by atoms with E-state index in [2.05, 4.69) is 5.32 Å². The van der Waals surface area contributed by atoms with E-state index in [0.717, 1.165) is 0 Å². The van der Waals surface area contributed by atoms with Gasteiger partial charge in [-0.3, -0.25) is 0 Å². The summed E-state index contributed by atoms with van der Waals surface area (Å²) >= 11 is 0. The molecule has 0 radical (unpaired) electrons. The molecule has 2 fully saturated rings. The predicted molar refractivity (Wildman–Crippen MR) is 59.5 cm³/mol. The first-order valence-electron chi connectivity index (χ1n) is 5.66.